The molecule has 0 aromatic heterocycles. The van der Waals surface area contributed by atoms with Gasteiger partial charge in [0.25, 0.3) is 5.91 Å². The fourth-order valence-corrected chi connectivity index (χ4v) is 2.41. The number of rotatable bonds is 3. The minimum Gasteiger partial charge on any atom is -0.350 e. The summed E-state index contributed by atoms with van der Waals surface area (Å²) in [7, 11) is 0. The van der Waals surface area contributed by atoms with E-state index in [1.165, 1.54) is 18.4 Å². The van der Waals surface area contributed by atoms with Crippen molar-refractivity contribution in [3.05, 3.63) is 35.4 Å². The van der Waals surface area contributed by atoms with Gasteiger partial charge in [-0.15, -0.1) is 0 Å². The van der Waals surface area contributed by atoms with Gasteiger partial charge >= 0.3 is 0 Å². The maximum Gasteiger partial charge on any atom is 0.251 e. The molecule has 1 saturated heterocycles. The van der Waals surface area contributed by atoms with Crippen molar-refractivity contribution >= 4 is 5.91 Å². The maximum absolute atomic E-state index is 11.8. The molecule has 1 aliphatic rings. The molecule has 2 rings (SSSR count). The van der Waals surface area contributed by atoms with Gasteiger partial charge in [-0.25, -0.2) is 0 Å². The first-order valence-corrected chi connectivity index (χ1v) is 6.78. The van der Waals surface area contributed by atoms with E-state index in [2.05, 4.69) is 22.8 Å². The second kappa shape index (κ2) is 6.01. The van der Waals surface area contributed by atoms with Crippen LogP contribution in [0.25, 0.3) is 0 Å². The summed E-state index contributed by atoms with van der Waals surface area (Å²) < 4.78 is 0. The Kier molecular flexibility index (Phi) is 4.37. The number of hydrogen-bond acceptors (Lipinski definition) is 2. The van der Waals surface area contributed by atoms with Gasteiger partial charge in [0.15, 0.2) is 0 Å². The molecule has 18 heavy (non-hydrogen) atoms. The summed E-state index contributed by atoms with van der Waals surface area (Å²) in [6.07, 6.45) is 2.38. The highest BCUT2D eigenvalue weighted by Crippen LogP contribution is 2.25. The number of carbonyl (C=O) groups is 1. The average Bonchev–Trinajstić information content (AvgIpc) is 2.39. The highest BCUT2D eigenvalue weighted by Gasteiger charge is 2.15. The van der Waals surface area contributed by atoms with Crippen LogP contribution >= 0.6 is 0 Å². The monoisotopic (exact) mass is 246 g/mol. The molecule has 1 aromatic rings. The van der Waals surface area contributed by atoms with Crippen LogP contribution in [0.15, 0.2) is 24.3 Å². The summed E-state index contributed by atoms with van der Waals surface area (Å²) in [5.74, 6) is 0.662. The predicted octanol–water partition coefficient (Wildman–Crippen LogP) is 2.29. The summed E-state index contributed by atoms with van der Waals surface area (Å²) in [5, 5.41) is 6.28. The van der Waals surface area contributed by atoms with E-state index in [0.29, 0.717) is 5.92 Å². The molecule has 0 atom stereocenters. The highest BCUT2D eigenvalue weighted by molar-refractivity contribution is 5.94. The van der Waals surface area contributed by atoms with Gasteiger partial charge in [-0.1, -0.05) is 12.1 Å². The minimum atomic E-state index is 0.0156. The van der Waals surface area contributed by atoms with E-state index in [0.717, 1.165) is 18.7 Å². The van der Waals surface area contributed by atoms with Gasteiger partial charge in [-0.05, 0) is 63.4 Å². The van der Waals surface area contributed by atoms with Gasteiger partial charge in [0.2, 0.25) is 0 Å². The van der Waals surface area contributed by atoms with Gasteiger partial charge < -0.3 is 10.6 Å². The Morgan fingerprint density at radius 2 is 1.83 bits per heavy atom. The summed E-state index contributed by atoms with van der Waals surface area (Å²) in [5.41, 5.74) is 2.11. The van der Waals surface area contributed by atoms with Gasteiger partial charge in [0.1, 0.15) is 0 Å². The summed E-state index contributed by atoms with van der Waals surface area (Å²) in [6, 6.07) is 8.27. The molecule has 0 spiro atoms. The van der Waals surface area contributed by atoms with Crippen molar-refractivity contribution in [3.63, 3.8) is 0 Å². The van der Waals surface area contributed by atoms with E-state index in [-0.39, 0.29) is 11.9 Å². The number of benzene rings is 1. The third kappa shape index (κ3) is 3.33. The lowest BCUT2D eigenvalue weighted by atomic mass is 9.90. The van der Waals surface area contributed by atoms with Crippen LogP contribution in [0.4, 0.5) is 0 Å². The fraction of sp³-hybridized carbons (Fsp3) is 0.533. The molecule has 1 aromatic carbocycles. The summed E-state index contributed by atoms with van der Waals surface area (Å²) in [4.78, 5) is 11.8. The quantitative estimate of drug-likeness (QED) is 0.859. The van der Waals surface area contributed by atoms with Crippen LogP contribution in [0.1, 0.15) is 48.5 Å². The minimum absolute atomic E-state index is 0.0156. The van der Waals surface area contributed by atoms with Crippen molar-refractivity contribution in [1.29, 1.82) is 0 Å². The Hall–Kier alpha value is -1.35. The maximum atomic E-state index is 11.8. The SMILES string of the molecule is CC(C)NC(=O)c1ccc(C2CCNCC2)cc1. The molecule has 0 aliphatic carbocycles. The third-order valence-electron chi connectivity index (χ3n) is 3.40. The smallest absolute Gasteiger partial charge is 0.251 e. The lowest BCUT2D eigenvalue weighted by Gasteiger charge is -2.23. The van der Waals surface area contributed by atoms with Crippen molar-refractivity contribution in [2.45, 2.75) is 38.6 Å². The predicted molar refractivity (Wildman–Crippen MR) is 73.9 cm³/mol. The largest absolute Gasteiger partial charge is 0.350 e. The number of amides is 1. The van der Waals surface area contributed by atoms with Crippen molar-refractivity contribution in [3.8, 4) is 0 Å². The molecule has 0 bridgehead atoms. The Balaban J connectivity index is 2.02. The second-order valence-electron chi connectivity index (χ2n) is 5.27. The zero-order valence-corrected chi connectivity index (χ0v) is 11.2. The summed E-state index contributed by atoms with van der Waals surface area (Å²) in [6.45, 7) is 6.14. The number of carbonyl (C=O) groups excluding carboxylic acids is 1. The molecule has 98 valence electrons. The van der Waals surface area contributed by atoms with Crippen molar-refractivity contribution in [2.75, 3.05) is 13.1 Å². The molecule has 3 nitrogen and oxygen atoms in total. The lowest BCUT2D eigenvalue weighted by molar-refractivity contribution is 0.0943. The van der Waals surface area contributed by atoms with Crippen LogP contribution in [0.2, 0.25) is 0 Å². The average molecular weight is 246 g/mol. The zero-order chi connectivity index (χ0) is 13.0. The molecular weight excluding hydrogens is 224 g/mol. The number of nitrogens with one attached hydrogen (secondary N) is 2. The van der Waals surface area contributed by atoms with E-state index in [4.69, 9.17) is 0 Å². The normalized spacial score (nSPS) is 16.8. The Morgan fingerprint density at radius 1 is 1.22 bits per heavy atom. The molecule has 3 heteroatoms. The van der Waals surface area contributed by atoms with Crippen LogP contribution < -0.4 is 10.6 Å². The first-order valence-electron chi connectivity index (χ1n) is 6.78. The first kappa shape index (κ1) is 13.1. The van der Waals surface area contributed by atoms with Gasteiger partial charge in [-0.3, -0.25) is 4.79 Å². The molecular formula is C15H22N2O. The van der Waals surface area contributed by atoms with Gasteiger partial charge in [0.05, 0.1) is 0 Å². The van der Waals surface area contributed by atoms with E-state index >= 15 is 0 Å². The number of hydrogen-bond donors (Lipinski definition) is 2. The molecule has 0 radical (unpaired) electrons. The lowest BCUT2D eigenvalue weighted by Crippen LogP contribution is -2.30. The van der Waals surface area contributed by atoms with E-state index in [9.17, 15) is 4.79 Å². The number of piperidine rings is 1. The first-order chi connectivity index (χ1) is 8.66. The zero-order valence-electron chi connectivity index (χ0n) is 11.2. The van der Waals surface area contributed by atoms with Crippen molar-refractivity contribution < 1.29 is 4.79 Å². The second-order valence-corrected chi connectivity index (χ2v) is 5.27. The van der Waals surface area contributed by atoms with E-state index < -0.39 is 0 Å². The standard InChI is InChI=1S/C15H22N2O/c1-11(2)17-15(18)14-5-3-12(4-6-14)13-7-9-16-10-8-13/h3-6,11,13,16H,7-10H2,1-2H3,(H,17,18). The molecule has 1 heterocycles. The van der Waals surface area contributed by atoms with Crippen LogP contribution in [-0.2, 0) is 0 Å². The molecule has 0 saturated carbocycles. The van der Waals surface area contributed by atoms with Gasteiger partial charge in [-0.2, -0.15) is 0 Å². The van der Waals surface area contributed by atoms with Crippen LogP contribution in [0.3, 0.4) is 0 Å². The third-order valence-corrected chi connectivity index (χ3v) is 3.40. The highest BCUT2D eigenvalue weighted by atomic mass is 16.1. The Labute approximate surface area is 109 Å². The molecule has 1 amide bonds. The van der Waals surface area contributed by atoms with Gasteiger partial charge in [0, 0.05) is 11.6 Å². The molecule has 0 unspecified atom stereocenters. The molecule has 1 aliphatic heterocycles. The van der Waals surface area contributed by atoms with Crippen LogP contribution in [0.5, 0.6) is 0 Å². The topological polar surface area (TPSA) is 41.1 Å². The Morgan fingerprint density at radius 3 is 2.39 bits per heavy atom. The Bertz CT molecular complexity index is 391. The van der Waals surface area contributed by atoms with Crippen LogP contribution in [0, 0.1) is 0 Å². The molecule has 1 fully saturated rings. The van der Waals surface area contributed by atoms with E-state index in [1.807, 2.05) is 26.0 Å². The van der Waals surface area contributed by atoms with Crippen molar-refractivity contribution in [2.24, 2.45) is 0 Å². The fourth-order valence-electron chi connectivity index (χ4n) is 2.41. The van der Waals surface area contributed by atoms with E-state index in [1.54, 1.807) is 0 Å². The summed E-state index contributed by atoms with van der Waals surface area (Å²) >= 11 is 0. The van der Waals surface area contributed by atoms with Crippen molar-refractivity contribution in [1.82, 2.24) is 10.6 Å². The van der Waals surface area contributed by atoms with Crippen LogP contribution in [-0.4, -0.2) is 25.0 Å². The molecule has 2 N–H and O–H groups in total.